The van der Waals surface area contributed by atoms with Crippen LogP contribution in [0.15, 0.2) is 65.5 Å². The van der Waals surface area contributed by atoms with Crippen LogP contribution in [0.5, 0.6) is 5.75 Å². The SMILES string of the molecule is COCCn1c(C)cc(O)c(C(c2ccccc2)N2CCN(c3ccc(F)cc3)CC2)c1=O. The number of hydrogen-bond acceptors (Lipinski definition) is 5. The standard InChI is InChI=1S/C26H30FN3O3/c1-19-18-23(31)24(26(32)30(19)16-17-33-2)25(20-6-4-3-5-7-20)29-14-12-28(13-15-29)22-10-8-21(27)9-11-22/h3-11,18,25,31H,12-17H2,1-2H3. The fourth-order valence-electron chi connectivity index (χ4n) is 4.57. The molecule has 4 rings (SSSR count). The smallest absolute Gasteiger partial charge is 0.259 e. The van der Waals surface area contributed by atoms with Crippen molar-refractivity contribution in [3.63, 3.8) is 0 Å². The molecule has 0 amide bonds. The minimum absolute atomic E-state index is 0.0148. The summed E-state index contributed by atoms with van der Waals surface area (Å²) in [6.45, 7) is 5.52. The van der Waals surface area contributed by atoms with Gasteiger partial charge in [-0.3, -0.25) is 9.69 Å². The fraction of sp³-hybridized carbons (Fsp3) is 0.346. The van der Waals surface area contributed by atoms with Gasteiger partial charge in [0.2, 0.25) is 0 Å². The van der Waals surface area contributed by atoms with E-state index in [1.54, 1.807) is 29.9 Å². The molecule has 1 saturated heterocycles. The number of aromatic nitrogens is 1. The van der Waals surface area contributed by atoms with Crippen molar-refractivity contribution in [2.75, 3.05) is 44.8 Å². The van der Waals surface area contributed by atoms with Crippen molar-refractivity contribution in [1.82, 2.24) is 9.47 Å². The van der Waals surface area contributed by atoms with Gasteiger partial charge in [-0.25, -0.2) is 4.39 Å². The second-order valence-corrected chi connectivity index (χ2v) is 8.35. The Balaban J connectivity index is 1.68. The lowest BCUT2D eigenvalue weighted by atomic mass is 9.96. The van der Waals surface area contributed by atoms with Gasteiger partial charge in [0, 0.05) is 51.2 Å². The first-order valence-corrected chi connectivity index (χ1v) is 11.2. The molecule has 0 bridgehead atoms. The molecule has 0 saturated carbocycles. The minimum atomic E-state index is -0.372. The van der Waals surface area contributed by atoms with Gasteiger partial charge in [0.05, 0.1) is 18.2 Å². The molecule has 0 spiro atoms. The van der Waals surface area contributed by atoms with E-state index in [1.807, 2.05) is 37.3 Å². The minimum Gasteiger partial charge on any atom is -0.507 e. The highest BCUT2D eigenvalue weighted by atomic mass is 19.1. The van der Waals surface area contributed by atoms with Crippen molar-refractivity contribution in [3.05, 3.63) is 93.7 Å². The zero-order chi connectivity index (χ0) is 23.4. The number of piperazine rings is 1. The van der Waals surface area contributed by atoms with Crippen molar-refractivity contribution in [2.24, 2.45) is 0 Å². The number of methoxy groups -OCH3 is 1. The van der Waals surface area contributed by atoms with Crippen LogP contribution >= 0.6 is 0 Å². The van der Waals surface area contributed by atoms with Crippen molar-refractivity contribution in [3.8, 4) is 5.75 Å². The van der Waals surface area contributed by atoms with Crippen molar-refractivity contribution < 1.29 is 14.2 Å². The number of aryl methyl sites for hydroxylation is 1. The topological polar surface area (TPSA) is 57.9 Å². The van der Waals surface area contributed by atoms with Crippen LogP contribution in [-0.2, 0) is 11.3 Å². The van der Waals surface area contributed by atoms with E-state index in [0.29, 0.717) is 37.5 Å². The molecule has 3 aromatic rings. The van der Waals surface area contributed by atoms with Gasteiger partial charge in [-0.1, -0.05) is 30.3 Å². The van der Waals surface area contributed by atoms with Crippen molar-refractivity contribution >= 4 is 5.69 Å². The highest BCUT2D eigenvalue weighted by Gasteiger charge is 2.31. The first kappa shape index (κ1) is 23.0. The van der Waals surface area contributed by atoms with Gasteiger partial charge in [-0.15, -0.1) is 0 Å². The van der Waals surface area contributed by atoms with Crippen LogP contribution in [0.2, 0.25) is 0 Å². The quantitative estimate of drug-likeness (QED) is 0.595. The van der Waals surface area contributed by atoms with Crippen LogP contribution in [0.3, 0.4) is 0 Å². The third-order valence-corrected chi connectivity index (χ3v) is 6.30. The lowest BCUT2D eigenvalue weighted by molar-refractivity contribution is 0.183. The number of rotatable bonds is 7. The molecule has 7 heteroatoms. The molecule has 1 N–H and O–H groups in total. The van der Waals surface area contributed by atoms with E-state index >= 15 is 0 Å². The van der Waals surface area contributed by atoms with E-state index in [9.17, 15) is 14.3 Å². The second-order valence-electron chi connectivity index (χ2n) is 8.35. The lowest BCUT2D eigenvalue weighted by Crippen LogP contribution is -2.49. The Hall–Kier alpha value is -3.16. The molecule has 1 aliphatic rings. The Morgan fingerprint density at radius 2 is 1.70 bits per heavy atom. The number of hydrogen-bond donors (Lipinski definition) is 1. The first-order chi connectivity index (χ1) is 16.0. The maximum absolute atomic E-state index is 13.6. The molecular formula is C26H30FN3O3. The normalized spacial score (nSPS) is 15.5. The van der Waals surface area contributed by atoms with Gasteiger partial charge in [0.25, 0.3) is 5.56 Å². The number of nitrogens with zero attached hydrogens (tertiary/aromatic N) is 3. The van der Waals surface area contributed by atoms with Crippen LogP contribution in [0, 0.1) is 12.7 Å². The third kappa shape index (κ3) is 4.94. The largest absolute Gasteiger partial charge is 0.507 e. The summed E-state index contributed by atoms with van der Waals surface area (Å²) in [5.41, 5.74) is 2.83. The van der Waals surface area contributed by atoms with E-state index in [0.717, 1.165) is 24.3 Å². The maximum Gasteiger partial charge on any atom is 0.259 e. The molecule has 1 unspecified atom stereocenters. The van der Waals surface area contributed by atoms with E-state index in [2.05, 4.69) is 9.80 Å². The van der Waals surface area contributed by atoms with Gasteiger partial charge in [0.15, 0.2) is 0 Å². The Labute approximate surface area is 193 Å². The Kier molecular flexibility index (Phi) is 7.11. The Morgan fingerprint density at radius 1 is 1.03 bits per heavy atom. The molecule has 1 fully saturated rings. The molecule has 1 aliphatic heterocycles. The summed E-state index contributed by atoms with van der Waals surface area (Å²) in [5.74, 6) is -0.234. The number of ether oxygens (including phenoxy) is 1. The van der Waals surface area contributed by atoms with E-state index < -0.39 is 0 Å². The molecule has 6 nitrogen and oxygen atoms in total. The number of anilines is 1. The van der Waals surface area contributed by atoms with Crippen molar-refractivity contribution in [2.45, 2.75) is 19.5 Å². The summed E-state index contributed by atoms with van der Waals surface area (Å²) >= 11 is 0. The van der Waals surface area contributed by atoms with Crippen LogP contribution in [0.4, 0.5) is 10.1 Å². The predicted octanol–water partition coefficient (Wildman–Crippen LogP) is 3.56. The Morgan fingerprint density at radius 3 is 2.33 bits per heavy atom. The molecule has 2 heterocycles. The Bertz CT molecular complexity index is 1120. The number of halogens is 1. The molecule has 0 aliphatic carbocycles. The molecule has 2 aromatic carbocycles. The van der Waals surface area contributed by atoms with Gasteiger partial charge >= 0.3 is 0 Å². The molecule has 0 radical (unpaired) electrons. The average Bonchev–Trinajstić information content (AvgIpc) is 2.83. The molecule has 33 heavy (non-hydrogen) atoms. The predicted molar refractivity (Wildman–Crippen MR) is 127 cm³/mol. The highest BCUT2D eigenvalue weighted by molar-refractivity contribution is 5.47. The van der Waals surface area contributed by atoms with Gasteiger partial charge in [-0.2, -0.15) is 0 Å². The summed E-state index contributed by atoms with van der Waals surface area (Å²) in [5, 5.41) is 10.9. The molecule has 1 atom stereocenters. The highest BCUT2D eigenvalue weighted by Crippen LogP contribution is 2.33. The van der Waals surface area contributed by atoms with E-state index in [-0.39, 0.29) is 23.2 Å². The fourth-order valence-corrected chi connectivity index (χ4v) is 4.57. The van der Waals surface area contributed by atoms with Gasteiger partial charge < -0.3 is 19.3 Å². The summed E-state index contributed by atoms with van der Waals surface area (Å²) in [7, 11) is 1.61. The van der Waals surface area contributed by atoms with Gasteiger partial charge in [-0.05, 0) is 42.8 Å². The molecular weight excluding hydrogens is 421 g/mol. The molecule has 174 valence electrons. The van der Waals surface area contributed by atoms with E-state index in [4.69, 9.17) is 4.74 Å². The third-order valence-electron chi connectivity index (χ3n) is 6.30. The zero-order valence-corrected chi connectivity index (χ0v) is 19.1. The number of pyridine rings is 1. The average molecular weight is 452 g/mol. The molecule has 1 aromatic heterocycles. The summed E-state index contributed by atoms with van der Waals surface area (Å²) in [6, 6.07) is 17.7. The maximum atomic E-state index is 13.6. The lowest BCUT2D eigenvalue weighted by Gasteiger charge is -2.40. The first-order valence-electron chi connectivity index (χ1n) is 11.2. The second kappa shape index (κ2) is 10.2. The van der Waals surface area contributed by atoms with Crippen LogP contribution in [0.1, 0.15) is 22.9 Å². The van der Waals surface area contributed by atoms with Crippen LogP contribution < -0.4 is 10.5 Å². The summed E-state index contributed by atoms with van der Waals surface area (Å²) < 4.78 is 20.2. The van der Waals surface area contributed by atoms with Crippen molar-refractivity contribution in [1.29, 1.82) is 0 Å². The van der Waals surface area contributed by atoms with Crippen LogP contribution in [-0.4, -0.2) is 54.5 Å². The monoisotopic (exact) mass is 451 g/mol. The van der Waals surface area contributed by atoms with Gasteiger partial charge in [0.1, 0.15) is 11.6 Å². The van der Waals surface area contributed by atoms with Crippen LogP contribution in [0.25, 0.3) is 0 Å². The number of aromatic hydroxyl groups is 1. The summed E-state index contributed by atoms with van der Waals surface area (Å²) in [6.07, 6.45) is 0. The number of benzene rings is 2. The van der Waals surface area contributed by atoms with E-state index in [1.165, 1.54) is 12.1 Å². The summed E-state index contributed by atoms with van der Waals surface area (Å²) in [4.78, 5) is 18.0. The zero-order valence-electron chi connectivity index (χ0n) is 19.1.